The van der Waals surface area contributed by atoms with Gasteiger partial charge < -0.3 is 0 Å². The van der Waals surface area contributed by atoms with E-state index in [1.807, 2.05) is 6.07 Å². The Bertz CT molecular complexity index is 332. The van der Waals surface area contributed by atoms with E-state index in [0.717, 1.165) is 6.42 Å². The minimum absolute atomic E-state index is 0.519. The van der Waals surface area contributed by atoms with Gasteiger partial charge in [0.15, 0.2) is 5.15 Å². The third-order valence-corrected chi connectivity index (χ3v) is 2.65. The molecular weight excluding hydrogens is 196 g/mol. The highest BCUT2D eigenvalue weighted by Gasteiger charge is 2.28. The highest BCUT2D eigenvalue weighted by Crippen LogP contribution is 2.40. The fourth-order valence-corrected chi connectivity index (χ4v) is 1.89. The highest BCUT2D eigenvalue weighted by molar-refractivity contribution is 6.29. The largest absolute Gasteiger partial charge is 0.154 e. The van der Waals surface area contributed by atoms with Crippen molar-refractivity contribution in [1.29, 1.82) is 0 Å². The van der Waals surface area contributed by atoms with Crippen molar-refractivity contribution in [2.75, 3.05) is 0 Å². The minimum atomic E-state index is 0.519. The molecule has 1 aliphatic carbocycles. The number of aromatic nitrogens is 2. The molecule has 0 spiro atoms. The van der Waals surface area contributed by atoms with E-state index in [2.05, 4.69) is 24.0 Å². The van der Waals surface area contributed by atoms with E-state index in [1.165, 1.54) is 24.1 Å². The van der Waals surface area contributed by atoms with Crippen LogP contribution in [0.3, 0.4) is 0 Å². The molecule has 0 saturated heterocycles. The number of halogens is 1. The molecule has 0 radical (unpaired) electrons. The van der Waals surface area contributed by atoms with E-state index in [9.17, 15) is 0 Å². The SMILES string of the molecule is CC(C)Cc1cc(Cl)nnc1C1CC1. The van der Waals surface area contributed by atoms with Gasteiger partial charge in [0.25, 0.3) is 0 Å². The maximum absolute atomic E-state index is 5.85. The molecule has 0 amide bonds. The molecule has 0 aliphatic heterocycles. The van der Waals surface area contributed by atoms with Crippen LogP contribution in [-0.2, 0) is 6.42 Å². The minimum Gasteiger partial charge on any atom is -0.154 e. The molecule has 14 heavy (non-hydrogen) atoms. The first-order chi connectivity index (χ1) is 6.66. The number of rotatable bonds is 3. The van der Waals surface area contributed by atoms with Crippen molar-refractivity contribution in [2.45, 2.75) is 39.0 Å². The molecule has 2 rings (SSSR count). The summed E-state index contributed by atoms with van der Waals surface area (Å²) in [6, 6.07) is 1.97. The van der Waals surface area contributed by atoms with Crippen LogP contribution in [0.15, 0.2) is 6.07 Å². The maximum Gasteiger partial charge on any atom is 0.152 e. The van der Waals surface area contributed by atoms with E-state index in [4.69, 9.17) is 11.6 Å². The summed E-state index contributed by atoms with van der Waals surface area (Å²) in [6.07, 6.45) is 3.59. The maximum atomic E-state index is 5.85. The van der Waals surface area contributed by atoms with Gasteiger partial charge >= 0.3 is 0 Å². The van der Waals surface area contributed by atoms with Crippen LogP contribution in [0.1, 0.15) is 43.9 Å². The van der Waals surface area contributed by atoms with Gasteiger partial charge in [-0.2, -0.15) is 5.10 Å². The van der Waals surface area contributed by atoms with E-state index >= 15 is 0 Å². The quantitative estimate of drug-likeness (QED) is 0.766. The number of nitrogens with zero attached hydrogens (tertiary/aromatic N) is 2. The van der Waals surface area contributed by atoms with Crippen LogP contribution in [0.4, 0.5) is 0 Å². The average molecular weight is 211 g/mol. The lowest BCUT2D eigenvalue weighted by Crippen LogP contribution is -2.02. The van der Waals surface area contributed by atoms with Crippen molar-refractivity contribution < 1.29 is 0 Å². The second kappa shape index (κ2) is 3.85. The van der Waals surface area contributed by atoms with Crippen molar-refractivity contribution in [2.24, 2.45) is 5.92 Å². The van der Waals surface area contributed by atoms with Gasteiger partial charge in [-0.3, -0.25) is 0 Å². The Morgan fingerprint density at radius 1 is 1.43 bits per heavy atom. The Kier molecular flexibility index (Phi) is 2.73. The van der Waals surface area contributed by atoms with E-state index < -0.39 is 0 Å². The zero-order valence-electron chi connectivity index (χ0n) is 8.63. The first-order valence-corrected chi connectivity index (χ1v) is 5.56. The molecule has 0 atom stereocenters. The Balaban J connectivity index is 2.28. The zero-order valence-corrected chi connectivity index (χ0v) is 9.38. The number of hydrogen-bond acceptors (Lipinski definition) is 2. The van der Waals surface area contributed by atoms with Crippen LogP contribution in [-0.4, -0.2) is 10.2 Å². The van der Waals surface area contributed by atoms with Gasteiger partial charge in [-0.1, -0.05) is 25.4 Å². The van der Waals surface area contributed by atoms with Gasteiger partial charge in [0.2, 0.25) is 0 Å². The zero-order chi connectivity index (χ0) is 10.1. The molecule has 3 heteroatoms. The highest BCUT2D eigenvalue weighted by atomic mass is 35.5. The second-order valence-corrected chi connectivity index (χ2v) is 4.84. The van der Waals surface area contributed by atoms with Crippen molar-refractivity contribution in [1.82, 2.24) is 10.2 Å². The third-order valence-electron chi connectivity index (χ3n) is 2.47. The summed E-state index contributed by atoms with van der Waals surface area (Å²) in [4.78, 5) is 0. The number of hydrogen-bond donors (Lipinski definition) is 0. The standard InChI is InChI=1S/C11H15ClN2/c1-7(2)5-9-6-10(12)13-14-11(9)8-3-4-8/h6-8H,3-5H2,1-2H3. The van der Waals surface area contributed by atoms with Crippen LogP contribution in [0.2, 0.25) is 5.15 Å². The molecule has 1 saturated carbocycles. The Hall–Kier alpha value is -0.630. The average Bonchev–Trinajstić information content (AvgIpc) is 2.86. The van der Waals surface area contributed by atoms with Gasteiger partial charge in [-0.15, -0.1) is 5.10 Å². The summed E-state index contributed by atoms with van der Waals surface area (Å²) in [5, 5.41) is 8.65. The summed E-state index contributed by atoms with van der Waals surface area (Å²) >= 11 is 5.85. The lowest BCUT2D eigenvalue weighted by atomic mass is 10.0. The molecule has 1 heterocycles. The lowest BCUT2D eigenvalue weighted by Gasteiger charge is -2.09. The molecule has 0 bridgehead atoms. The van der Waals surface area contributed by atoms with Crippen LogP contribution in [0.5, 0.6) is 0 Å². The predicted molar refractivity (Wildman–Crippen MR) is 57.6 cm³/mol. The van der Waals surface area contributed by atoms with Crippen LogP contribution in [0, 0.1) is 5.92 Å². The summed E-state index contributed by atoms with van der Waals surface area (Å²) in [5.74, 6) is 1.31. The van der Waals surface area contributed by atoms with Gasteiger partial charge in [0, 0.05) is 5.92 Å². The third kappa shape index (κ3) is 2.24. The molecule has 1 aromatic heterocycles. The molecule has 0 unspecified atom stereocenters. The van der Waals surface area contributed by atoms with Crippen LogP contribution < -0.4 is 0 Å². The summed E-state index contributed by atoms with van der Waals surface area (Å²) in [7, 11) is 0. The van der Waals surface area contributed by atoms with Crippen LogP contribution in [0.25, 0.3) is 0 Å². The molecule has 1 fully saturated rings. The monoisotopic (exact) mass is 210 g/mol. The summed E-state index contributed by atoms with van der Waals surface area (Å²) < 4.78 is 0. The van der Waals surface area contributed by atoms with Crippen molar-refractivity contribution >= 4 is 11.6 Å². The first kappa shape index (κ1) is 9.91. The van der Waals surface area contributed by atoms with Crippen molar-refractivity contribution in [3.8, 4) is 0 Å². The van der Waals surface area contributed by atoms with Gasteiger partial charge in [-0.05, 0) is 36.8 Å². The Morgan fingerprint density at radius 3 is 2.71 bits per heavy atom. The Morgan fingerprint density at radius 2 is 2.14 bits per heavy atom. The van der Waals surface area contributed by atoms with Crippen LogP contribution >= 0.6 is 11.6 Å². The lowest BCUT2D eigenvalue weighted by molar-refractivity contribution is 0.636. The molecule has 0 aromatic carbocycles. The first-order valence-electron chi connectivity index (χ1n) is 5.19. The summed E-state index contributed by atoms with van der Waals surface area (Å²) in [6.45, 7) is 4.43. The molecule has 1 aromatic rings. The predicted octanol–water partition coefficient (Wildman–Crippen LogP) is 3.21. The van der Waals surface area contributed by atoms with Gasteiger partial charge in [0.1, 0.15) is 0 Å². The summed E-state index contributed by atoms with van der Waals surface area (Å²) in [5.41, 5.74) is 2.48. The van der Waals surface area contributed by atoms with Gasteiger partial charge in [0.05, 0.1) is 5.69 Å². The smallest absolute Gasteiger partial charge is 0.152 e. The molecule has 76 valence electrons. The second-order valence-electron chi connectivity index (χ2n) is 4.45. The molecular formula is C11H15ClN2. The van der Waals surface area contributed by atoms with E-state index in [1.54, 1.807) is 0 Å². The topological polar surface area (TPSA) is 25.8 Å². The fraction of sp³-hybridized carbons (Fsp3) is 0.636. The normalized spacial score (nSPS) is 16.3. The van der Waals surface area contributed by atoms with E-state index in [0.29, 0.717) is 17.0 Å². The van der Waals surface area contributed by atoms with Crippen molar-refractivity contribution in [3.05, 3.63) is 22.5 Å². The molecule has 2 nitrogen and oxygen atoms in total. The van der Waals surface area contributed by atoms with Crippen molar-refractivity contribution in [3.63, 3.8) is 0 Å². The fourth-order valence-electron chi connectivity index (χ4n) is 1.72. The molecule has 1 aliphatic rings. The molecule has 0 N–H and O–H groups in total. The van der Waals surface area contributed by atoms with Gasteiger partial charge in [-0.25, -0.2) is 0 Å². The Labute approximate surface area is 89.7 Å². The van der Waals surface area contributed by atoms with E-state index in [-0.39, 0.29) is 0 Å².